The monoisotopic (exact) mass is 263 g/mol. The van der Waals surface area contributed by atoms with Crippen LogP contribution in [-0.4, -0.2) is 17.6 Å². The third kappa shape index (κ3) is 2.57. The number of rotatable bonds is 2. The minimum Gasteiger partial charge on any atom is -0.315 e. The second-order valence-electron chi connectivity index (χ2n) is 3.43. The summed E-state index contributed by atoms with van der Waals surface area (Å²) in [7, 11) is 0. The predicted octanol–water partition coefficient (Wildman–Crippen LogP) is 1.84. The first kappa shape index (κ1) is 13.5. The topological polar surface area (TPSA) is 78.9 Å². The van der Waals surface area contributed by atoms with Crippen LogP contribution in [0.3, 0.4) is 0 Å². The first-order valence-corrected chi connectivity index (χ1v) is 5.22. The van der Waals surface area contributed by atoms with E-state index >= 15 is 0 Å². The van der Waals surface area contributed by atoms with Gasteiger partial charge in [0.25, 0.3) is 5.91 Å². The van der Waals surface area contributed by atoms with Gasteiger partial charge in [0.05, 0.1) is 5.56 Å². The summed E-state index contributed by atoms with van der Waals surface area (Å²) in [6.07, 6.45) is -4.86. The maximum atomic E-state index is 12.4. The van der Waals surface area contributed by atoms with Gasteiger partial charge in [0.2, 0.25) is 0 Å². The molecule has 0 bridgehead atoms. The van der Waals surface area contributed by atoms with Gasteiger partial charge in [-0.3, -0.25) is 4.79 Å². The lowest BCUT2D eigenvalue weighted by Gasteiger charge is -2.25. The fourth-order valence-corrected chi connectivity index (χ4v) is 1.59. The van der Waals surface area contributed by atoms with Crippen molar-refractivity contribution in [3.8, 4) is 6.07 Å². The molecule has 1 aromatic rings. The molecular weight excluding hydrogens is 255 g/mol. The molecule has 1 aromatic heterocycles. The summed E-state index contributed by atoms with van der Waals surface area (Å²) in [5, 5.41) is 12.2. The number of nitriles is 1. The highest BCUT2D eigenvalue weighted by molar-refractivity contribution is 7.14. The Morgan fingerprint density at radius 1 is 1.59 bits per heavy atom. The lowest BCUT2D eigenvalue weighted by molar-refractivity contribution is -0.184. The van der Waals surface area contributed by atoms with Crippen LogP contribution in [0.4, 0.5) is 18.2 Å². The number of anilines is 1. The summed E-state index contributed by atoms with van der Waals surface area (Å²) in [6, 6.07) is 3.14. The molecule has 8 heteroatoms. The van der Waals surface area contributed by atoms with Gasteiger partial charge < -0.3 is 11.1 Å². The molecule has 0 aliphatic carbocycles. The van der Waals surface area contributed by atoms with Gasteiger partial charge in [-0.1, -0.05) is 0 Å². The van der Waals surface area contributed by atoms with Crippen molar-refractivity contribution in [2.75, 3.05) is 5.32 Å². The van der Waals surface area contributed by atoms with Crippen LogP contribution in [0.2, 0.25) is 0 Å². The third-order valence-corrected chi connectivity index (χ3v) is 2.90. The molecular formula is C9H8F3N3OS. The maximum Gasteiger partial charge on any atom is 0.415 e. The van der Waals surface area contributed by atoms with E-state index in [1.807, 2.05) is 5.32 Å². The normalized spacial score (nSPS) is 14.8. The summed E-state index contributed by atoms with van der Waals surface area (Å²) in [5.41, 5.74) is 2.03. The van der Waals surface area contributed by atoms with Crippen LogP contribution in [0.15, 0.2) is 11.4 Å². The molecule has 0 radical (unpaired) electrons. The van der Waals surface area contributed by atoms with E-state index in [-0.39, 0.29) is 10.6 Å². The van der Waals surface area contributed by atoms with Crippen LogP contribution >= 0.6 is 11.3 Å². The summed E-state index contributed by atoms with van der Waals surface area (Å²) in [5.74, 6) is -1.40. The largest absolute Gasteiger partial charge is 0.415 e. The van der Waals surface area contributed by atoms with Gasteiger partial charge in [-0.15, -0.1) is 11.3 Å². The highest BCUT2D eigenvalue weighted by Crippen LogP contribution is 2.30. The summed E-state index contributed by atoms with van der Waals surface area (Å²) >= 11 is 0.952. The molecule has 1 heterocycles. The molecule has 0 spiro atoms. The molecule has 1 unspecified atom stereocenters. The standard InChI is InChI=1S/C9H8F3N3OS/c1-8(14,9(10,11)12)7(16)15-6-5(4-13)2-3-17-6/h2-3H,14H2,1H3,(H,15,16). The van der Waals surface area contributed by atoms with Gasteiger partial charge in [-0.2, -0.15) is 18.4 Å². The van der Waals surface area contributed by atoms with Gasteiger partial charge in [0.1, 0.15) is 11.1 Å². The van der Waals surface area contributed by atoms with Gasteiger partial charge in [-0.25, -0.2) is 0 Å². The molecule has 92 valence electrons. The number of nitrogens with zero attached hydrogens (tertiary/aromatic N) is 1. The van der Waals surface area contributed by atoms with Crippen LogP contribution in [0, 0.1) is 11.3 Å². The van der Waals surface area contributed by atoms with Gasteiger partial charge in [-0.05, 0) is 18.4 Å². The number of thiophene rings is 1. The molecule has 0 aromatic carbocycles. The summed E-state index contributed by atoms with van der Waals surface area (Å²) < 4.78 is 37.3. The zero-order valence-electron chi connectivity index (χ0n) is 8.63. The number of nitrogens with two attached hydrogens (primary N) is 1. The van der Waals surface area contributed by atoms with Crippen LogP contribution < -0.4 is 11.1 Å². The molecule has 3 N–H and O–H groups in total. The Labute approximate surface area is 98.8 Å². The molecule has 0 aliphatic rings. The van der Waals surface area contributed by atoms with Crippen LogP contribution in [0.5, 0.6) is 0 Å². The minimum atomic E-state index is -4.86. The van der Waals surface area contributed by atoms with Crippen molar-refractivity contribution < 1.29 is 18.0 Å². The summed E-state index contributed by atoms with van der Waals surface area (Å²) in [4.78, 5) is 11.4. The van der Waals surface area contributed by atoms with E-state index in [4.69, 9.17) is 11.0 Å². The van der Waals surface area contributed by atoms with E-state index in [0.29, 0.717) is 6.92 Å². The van der Waals surface area contributed by atoms with E-state index in [2.05, 4.69) is 0 Å². The zero-order chi connectivity index (χ0) is 13.3. The lowest BCUT2D eigenvalue weighted by Crippen LogP contribution is -2.59. The van der Waals surface area contributed by atoms with Crippen molar-refractivity contribution >= 4 is 22.2 Å². The first-order chi connectivity index (χ1) is 7.70. The number of amides is 1. The second-order valence-corrected chi connectivity index (χ2v) is 4.35. The SMILES string of the molecule is CC(N)(C(=O)Nc1sccc1C#N)C(F)(F)F. The van der Waals surface area contributed by atoms with Gasteiger partial charge in [0, 0.05) is 0 Å². The average Bonchev–Trinajstić information content (AvgIpc) is 2.63. The number of hydrogen-bond acceptors (Lipinski definition) is 4. The maximum absolute atomic E-state index is 12.4. The molecule has 4 nitrogen and oxygen atoms in total. The average molecular weight is 263 g/mol. The fourth-order valence-electron chi connectivity index (χ4n) is 0.856. The summed E-state index contributed by atoms with van der Waals surface area (Å²) in [6.45, 7) is 0.571. The Bertz CT molecular complexity index is 473. The Morgan fingerprint density at radius 2 is 2.18 bits per heavy atom. The van der Waals surface area contributed by atoms with Crippen molar-refractivity contribution in [2.24, 2.45) is 5.73 Å². The Balaban J connectivity index is 2.92. The molecule has 1 amide bonds. The highest BCUT2D eigenvalue weighted by atomic mass is 32.1. The Hall–Kier alpha value is -1.59. The molecule has 0 aliphatic heterocycles. The molecule has 0 saturated heterocycles. The third-order valence-electron chi connectivity index (χ3n) is 2.07. The van der Waals surface area contributed by atoms with E-state index < -0.39 is 17.6 Å². The van der Waals surface area contributed by atoms with Crippen molar-refractivity contribution in [3.63, 3.8) is 0 Å². The number of carbonyl (C=O) groups excluding carboxylic acids is 1. The zero-order valence-corrected chi connectivity index (χ0v) is 9.45. The number of nitrogens with one attached hydrogen (secondary N) is 1. The predicted molar refractivity (Wildman–Crippen MR) is 56.3 cm³/mol. The Kier molecular flexibility index (Phi) is 3.45. The molecule has 17 heavy (non-hydrogen) atoms. The molecule has 1 atom stereocenters. The van der Waals surface area contributed by atoms with Crippen LogP contribution in [0.1, 0.15) is 12.5 Å². The second kappa shape index (κ2) is 4.35. The van der Waals surface area contributed by atoms with Crippen molar-refractivity contribution in [3.05, 3.63) is 17.0 Å². The molecule has 1 rings (SSSR count). The van der Waals surface area contributed by atoms with E-state index in [0.717, 1.165) is 11.3 Å². The number of alkyl halides is 3. The number of carbonyl (C=O) groups is 1. The number of hydrogen-bond donors (Lipinski definition) is 2. The molecule has 0 fully saturated rings. The first-order valence-electron chi connectivity index (χ1n) is 4.35. The Morgan fingerprint density at radius 3 is 2.65 bits per heavy atom. The van der Waals surface area contributed by atoms with Crippen LogP contribution in [-0.2, 0) is 4.79 Å². The van der Waals surface area contributed by atoms with Crippen molar-refractivity contribution in [1.29, 1.82) is 5.26 Å². The van der Waals surface area contributed by atoms with Gasteiger partial charge in [0.15, 0.2) is 5.54 Å². The van der Waals surface area contributed by atoms with E-state index in [1.54, 1.807) is 6.07 Å². The van der Waals surface area contributed by atoms with E-state index in [9.17, 15) is 18.0 Å². The van der Waals surface area contributed by atoms with Crippen molar-refractivity contribution in [1.82, 2.24) is 0 Å². The lowest BCUT2D eigenvalue weighted by atomic mass is 10.0. The minimum absolute atomic E-state index is 0.0541. The van der Waals surface area contributed by atoms with Crippen molar-refractivity contribution in [2.45, 2.75) is 18.6 Å². The van der Waals surface area contributed by atoms with E-state index in [1.165, 1.54) is 11.4 Å². The quantitative estimate of drug-likeness (QED) is 0.854. The van der Waals surface area contributed by atoms with Gasteiger partial charge >= 0.3 is 6.18 Å². The van der Waals surface area contributed by atoms with Crippen LogP contribution in [0.25, 0.3) is 0 Å². The molecule has 0 saturated carbocycles. The highest BCUT2D eigenvalue weighted by Gasteiger charge is 2.54. The number of halogens is 3. The smallest absolute Gasteiger partial charge is 0.315 e. The fraction of sp³-hybridized carbons (Fsp3) is 0.333.